The third kappa shape index (κ3) is 2.66. The van der Waals surface area contributed by atoms with Gasteiger partial charge in [-0.05, 0) is 34.8 Å². The van der Waals surface area contributed by atoms with Crippen LogP contribution in [0.1, 0.15) is 27.5 Å². The molecule has 2 heterocycles. The first-order chi connectivity index (χ1) is 9.11. The summed E-state index contributed by atoms with van der Waals surface area (Å²) in [5.41, 5.74) is 7.37. The number of aryl methyl sites for hydroxylation is 1. The van der Waals surface area contributed by atoms with Crippen LogP contribution >= 0.6 is 27.3 Å². The van der Waals surface area contributed by atoms with Gasteiger partial charge in [0.2, 0.25) is 0 Å². The number of nitrogens with one attached hydrogen (secondary N) is 2. The summed E-state index contributed by atoms with van der Waals surface area (Å²) in [6.07, 6.45) is 4.35. The number of fused-ring (bicyclic) bond motifs is 1. The van der Waals surface area contributed by atoms with Crippen LogP contribution in [0.3, 0.4) is 0 Å². The Morgan fingerprint density at radius 3 is 3.21 bits per heavy atom. The third-order valence-corrected chi connectivity index (χ3v) is 4.59. The molecular weight excluding hydrogens is 328 g/mol. The summed E-state index contributed by atoms with van der Waals surface area (Å²) < 4.78 is 0.874. The van der Waals surface area contributed by atoms with Gasteiger partial charge in [-0.25, -0.2) is 4.98 Å². The van der Waals surface area contributed by atoms with E-state index in [2.05, 4.69) is 31.2 Å². The third-order valence-electron chi connectivity index (χ3n) is 3.18. The molecule has 0 saturated heterocycles. The molecule has 19 heavy (non-hydrogen) atoms. The van der Waals surface area contributed by atoms with Crippen molar-refractivity contribution in [2.45, 2.75) is 25.3 Å². The molecule has 1 atom stereocenters. The van der Waals surface area contributed by atoms with Crippen molar-refractivity contribution in [3.05, 3.63) is 33.0 Å². The van der Waals surface area contributed by atoms with Crippen molar-refractivity contribution in [2.75, 3.05) is 5.73 Å². The van der Waals surface area contributed by atoms with Crippen LogP contribution in [0.4, 0.5) is 5.13 Å². The van der Waals surface area contributed by atoms with Gasteiger partial charge in [-0.3, -0.25) is 4.79 Å². The van der Waals surface area contributed by atoms with Crippen molar-refractivity contribution < 1.29 is 4.79 Å². The Balaban J connectivity index is 1.67. The van der Waals surface area contributed by atoms with Crippen LogP contribution < -0.4 is 11.1 Å². The Labute approximate surface area is 122 Å². The average molecular weight is 341 g/mol. The maximum atomic E-state index is 12.0. The van der Waals surface area contributed by atoms with E-state index in [4.69, 9.17) is 5.73 Å². The second kappa shape index (κ2) is 4.97. The van der Waals surface area contributed by atoms with Gasteiger partial charge in [0.25, 0.3) is 5.91 Å². The quantitative estimate of drug-likeness (QED) is 0.782. The highest BCUT2D eigenvalue weighted by atomic mass is 79.9. The first kappa shape index (κ1) is 12.7. The number of aromatic amines is 1. The van der Waals surface area contributed by atoms with Gasteiger partial charge >= 0.3 is 0 Å². The predicted octanol–water partition coefficient (Wildman–Crippen LogP) is 2.10. The van der Waals surface area contributed by atoms with Gasteiger partial charge in [0.1, 0.15) is 5.69 Å². The molecule has 3 rings (SSSR count). The van der Waals surface area contributed by atoms with Crippen LogP contribution in [0, 0.1) is 0 Å². The molecule has 0 radical (unpaired) electrons. The molecule has 1 aliphatic carbocycles. The van der Waals surface area contributed by atoms with Crippen molar-refractivity contribution >= 4 is 38.3 Å². The number of hydrogen-bond donors (Lipinski definition) is 3. The number of amides is 1. The van der Waals surface area contributed by atoms with Gasteiger partial charge in [-0.2, -0.15) is 0 Å². The molecule has 0 spiro atoms. The molecule has 0 aliphatic heterocycles. The Morgan fingerprint density at radius 2 is 2.47 bits per heavy atom. The topological polar surface area (TPSA) is 83.8 Å². The van der Waals surface area contributed by atoms with Crippen LogP contribution in [-0.4, -0.2) is 21.9 Å². The SMILES string of the molecule is Nc1nc2c(s1)C[C@@H](NC(=O)c1cc(Br)c[nH]1)CC2. The minimum atomic E-state index is -0.0726. The van der Waals surface area contributed by atoms with Crippen LogP contribution in [-0.2, 0) is 12.8 Å². The lowest BCUT2D eigenvalue weighted by Crippen LogP contribution is -2.38. The van der Waals surface area contributed by atoms with E-state index in [9.17, 15) is 4.79 Å². The number of rotatable bonds is 2. The average Bonchev–Trinajstić information content (AvgIpc) is 2.93. The summed E-state index contributed by atoms with van der Waals surface area (Å²) in [5.74, 6) is -0.0726. The van der Waals surface area contributed by atoms with Gasteiger partial charge in [0.15, 0.2) is 5.13 Å². The highest BCUT2D eigenvalue weighted by molar-refractivity contribution is 9.10. The number of nitrogens with zero attached hydrogens (tertiary/aromatic N) is 1. The maximum absolute atomic E-state index is 12.0. The smallest absolute Gasteiger partial charge is 0.267 e. The van der Waals surface area contributed by atoms with E-state index in [-0.39, 0.29) is 11.9 Å². The van der Waals surface area contributed by atoms with Crippen LogP contribution in [0.15, 0.2) is 16.7 Å². The standard InChI is InChI=1S/C12H13BrN4OS/c13-6-3-9(15-5-6)11(18)16-7-1-2-8-10(4-7)19-12(14)17-8/h3,5,7,15H,1-2,4H2,(H2,14,17)(H,16,18)/t7-/m0/s1. The van der Waals surface area contributed by atoms with Gasteiger partial charge in [0.05, 0.1) is 5.69 Å². The lowest BCUT2D eigenvalue weighted by Gasteiger charge is -2.22. The first-order valence-electron chi connectivity index (χ1n) is 6.00. The van der Waals surface area contributed by atoms with Crippen molar-refractivity contribution in [2.24, 2.45) is 0 Å². The number of nitrogen functional groups attached to an aromatic ring is 1. The molecule has 0 fully saturated rings. The maximum Gasteiger partial charge on any atom is 0.267 e. The van der Waals surface area contributed by atoms with Gasteiger partial charge in [-0.15, -0.1) is 11.3 Å². The monoisotopic (exact) mass is 340 g/mol. The molecular formula is C12H13BrN4OS. The summed E-state index contributed by atoms with van der Waals surface area (Å²) in [4.78, 5) is 20.5. The van der Waals surface area contributed by atoms with Crippen molar-refractivity contribution in [1.82, 2.24) is 15.3 Å². The molecule has 4 N–H and O–H groups in total. The predicted molar refractivity (Wildman–Crippen MR) is 78.3 cm³/mol. The summed E-state index contributed by atoms with van der Waals surface area (Å²) in [5, 5.41) is 3.66. The van der Waals surface area contributed by atoms with E-state index in [0.29, 0.717) is 10.8 Å². The van der Waals surface area contributed by atoms with Gasteiger partial charge < -0.3 is 16.0 Å². The molecule has 0 unspecified atom stereocenters. The zero-order valence-electron chi connectivity index (χ0n) is 10.1. The number of halogens is 1. The first-order valence-corrected chi connectivity index (χ1v) is 7.61. The second-order valence-corrected chi connectivity index (χ2v) is 6.60. The lowest BCUT2D eigenvalue weighted by molar-refractivity contribution is 0.0929. The fourth-order valence-corrected chi connectivity index (χ4v) is 3.58. The molecule has 2 aromatic rings. The number of aromatic nitrogens is 2. The number of H-pyrrole nitrogens is 1. The summed E-state index contributed by atoms with van der Waals surface area (Å²) in [7, 11) is 0. The second-order valence-electron chi connectivity index (χ2n) is 4.57. The van der Waals surface area contributed by atoms with E-state index in [0.717, 1.165) is 29.4 Å². The van der Waals surface area contributed by atoms with Gasteiger partial charge in [-0.1, -0.05) is 0 Å². The van der Waals surface area contributed by atoms with E-state index in [1.807, 2.05) is 0 Å². The number of carbonyl (C=O) groups excluding carboxylic acids is 1. The fourth-order valence-electron chi connectivity index (χ4n) is 2.28. The van der Waals surface area contributed by atoms with E-state index in [1.165, 1.54) is 16.2 Å². The minimum absolute atomic E-state index is 0.0726. The van der Waals surface area contributed by atoms with Crippen LogP contribution in [0.25, 0.3) is 0 Å². The van der Waals surface area contributed by atoms with Gasteiger partial charge in [0, 0.05) is 28.0 Å². The highest BCUT2D eigenvalue weighted by Crippen LogP contribution is 2.28. The molecule has 0 bridgehead atoms. The number of hydrogen-bond acceptors (Lipinski definition) is 4. The molecule has 0 saturated carbocycles. The fraction of sp³-hybridized carbons (Fsp3) is 0.333. The highest BCUT2D eigenvalue weighted by Gasteiger charge is 2.24. The zero-order chi connectivity index (χ0) is 13.4. The zero-order valence-corrected chi connectivity index (χ0v) is 12.5. The molecule has 7 heteroatoms. The van der Waals surface area contributed by atoms with E-state index < -0.39 is 0 Å². The number of anilines is 1. The lowest BCUT2D eigenvalue weighted by atomic mass is 9.97. The van der Waals surface area contributed by atoms with Crippen molar-refractivity contribution in [3.63, 3.8) is 0 Å². The Kier molecular flexibility index (Phi) is 3.32. The summed E-state index contributed by atoms with van der Waals surface area (Å²) in [6.45, 7) is 0. The van der Waals surface area contributed by atoms with E-state index in [1.54, 1.807) is 12.3 Å². The largest absolute Gasteiger partial charge is 0.375 e. The molecule has 1 aliphatic rings. The summed E-state index contributed by atoms with van der Waals surface area (Å²) in [6, 6.07) is 1.93. The Hall–Kier alpha value is -1.34. The molecule has 100 valence electrons. The number of nitrogens with two attached hydrogens (primary N) is 1. The Morgan fingerprint density at radius 1 is 1.63 bits per heavy atom. The minimum Gasteiger partial charge on any atom is -0.375 e. The number of thiazole rings is 1. The van der Waals surface area contributed by atoms with Crippen molar-refractivity contribution in [3.8, 4) is 0 Å². The molecule has 0 aromatic carbocycles. The number of carbonyl (C=O) groups is 1. The normalized spacial score (nSPS) is 18.1. The van der Waals surface area contributed by atoms with Crippen LogP contribution in [0.2, 0.25) is 0 Å². The Bertz CT molecular complexity index is 621. The van der Waals surface area contributed by atoms with Crippen molar-refractivity contribution in [1.29, 1.82) is 0 Å². The van der Waals surface area contributed by atoms with Crippen LogP contribution in [0.5, 0.6) is 0 Å². The molecule has 1 amide bonds. The molecule has 2 aromatic heterocycles. The summed E-state index contributed by atoms with van der Waals surface area (Å²) >= 11 is 4.84. The van der Waals surface area contributed by atoms with E-state index >= 15 is 0 Å². The molecule has 5 nitrogen and oxygen atoms in total.